The van der Waals surface area contributed by atoms with E-state index in [0.29, 0.717) is 11.6 Å². The first-order chi connectivity index (χ1) is 25.5. The summed E-state index contributed by atoms with van der Waals surface area (Å²) >= 11 is 0. The molecule has 4 aromatic carbocycles. The molecule has 0 saturated carbocycles. The highest BCUT2D eigenvalue weighted by Crippen LogP contribution is 2.51. The quantitative estimate of drug-likeness (QED) is 0.173. The average Bonchev–Trinajstić information content (AvgIpc) is 3.42. The maximum absolute atomic E-state index is 5.14. The van der Waals surface area contributed by atoms with Gasteiger partial charge in [-0.05, 0) is 100 Å². The van der Waals surface area contributed by atoms with Crippen molar-refractivity contribution in [2.75, 3.05) is 0 Å². The summed E-state index contributed by atoms with van der Waals surface area (Å²) in [4.78, 5) is 15.3. The Bertz CT molecular complexity index is 2340. The van der Waals surface area contributed by atoms with Crippen LogP contribution in [0.2, 0.25) is 0 Å². The van der Waals surface area contributed by atoms with E-state index < -0.39 is 0 Å². The Hall–Kier alpha value is -5.93. The number of hydrogen-bond donors (Lipinski definition) is 0. The van der Waals surface area contributed by atoms with Crippen LogP contribution in [0.25, 0.3) is 56.7 Å². The molecule has 3 aliphatic carbocycles. The molecule has 8 rings (SSSR count). The molecule has 52 heavy (non-hydrogen) atoms. The van der Waals surface area contributed by atoms with Gasteiger partial charge in [-0.25, -0.2) is 15.0 Å². The summed E-state index contributed by atoms with van der Waals surface area (Å²) < 4.78 is 0. The van der Waals surface area contributed by atoms with E-state index in [1.807, 2.05) is 0 Å². The zero-order valence-electron chi connectivity index (χ0n) is 30.2. The molecule has 0 saturated heterocycles. The number of aromatic nitrogens is 3. The maximum atomic E-state index is 5.14. The van der Waals surface area contributed by atoms with Gasteiger partial charge in [-0.2, -0.15) is 0 Å². The van der Waals surface area contributed by atoms with Gasteiger partial charge in [-0.1, -0.05) is 160 Å². The minimum absolute atomic E-state index is 0.228. The molecule has 0 spiro atoms. The summed E-state index contributed by atoms with van der Waals surface area (Å²) in [5, 5.41) is 0. The first-order valence-electron chi connectivity index (χ1n) is 18.4. The van der Waals surface area contributed by atoms with Crippen LogP contribution in [0, 0.1) is 0 Å². The third-order valence-electron chi connectivity index (χ3n) is 10.4. The third kappa shape index (κ3) is 6.63. The first-order valence-corrected chi connectivity index (χ1v) is 18.4. The van der Waals surface area contributed by atoms with Crippen molar-refractivity contribution >= 4 is 22.8 Å². The fourth-order valence-electron chi connectivity index (χ4n) is 7.48. The van der Waals surface area contributed by atoms with Gasteiger partial charge in [-0.3, -0.25) is 0 Å². The van der Waals surface area contributed by atoms with Crippen LogP contribution in [0.15, 0.2) is 157 Å². The number of benzene rings is 4. The average molecular weight is 674 g/mol. The molecular formula is C49H43N3. The van der Waals surface area contributed by atoms with Gasteiger partial charge in [0.15, 0.2) is 17.5 Å². The lowest BCUT2D eigenvalue weighted by Gasteiger charge is -2.22. The van der Waals surface area contributed by atoms with Crippen LogP contribution in [0.5, 0.6) is 0 Å². The van der Waals surface area contributed by atoms with E-state index in [0.717, 1.165) is 48.2 Å². The van der Waals surface area contributed by atoms with Crippen molar-refractivity contribution in [3.63, 3.8) is 0 Å². The number of hydrogen-bond acceptors (Lipinski definition) is 3. The van der Waals surface area contributed by atoms with Crippen LogP contribution in [0.1, 0.15) is 74.5 Å². The summed E-state index contributed by atoms with van der Waals surface area (Å²) in [6.07, 6.45) is 26.2. The smallest absolute Gasteiger partial charge is 0.164 e. The normalized spacial score (nSPS) is 17.8. The predicted octanol–water partition coefficient (Wildman–Crippen LogP) is 12.7. The van der Waals surface area contributed by atoms with Gasteiger partial charge in [0.1, 0.15) is 0 Å². The van der Waals surface area contributed by atoms with Crippen molar-refractivity contribution in [1.82, 2.24) is 15.0 Å². The van der Waals surface area contributed by atoms with E-state index in [1.54, 1.807) is 0 Å². The van der Waals surface area contributed by atoms with Gasteiger partial charge in [0.2, 0.25) is 0 Å². The highest BCUT2D eigenvalue weighted by Gasteiger charge is 2.38. The lowest BCUT2D eigenvalue weighted by molar-refractivity contribution is 0.661. The van der Waals surface area contributed by atoms with Gasteiger partial charge in [0, 0.05) is 16.5 Å². The summed E-state index contributed by atoms with van der Waals surface area (Å²) in [7, 11) is 0. The Kier molecular flexibility index (Phi) is 9.18. The van der Waals surface area contributed by atoms with Crippen LogP contribution in [0.4, 0.5) is 0 Å². The number of nitrogens with zero attached hydrogens (tertiary/aromatic N) is 3. The van der Waals surface area contributed by atoms with Crippen LogP contribution in [-0.4, -0.2) is 15.0 Å². The van der Waals surface area contributed by atoms with Crippen molar-refractivity contribution in [3.8, 4) is 33.9 Å². The second-order valence-corrected chi connectivity index (χ2v) is 14.2. The summed E-state index contributed by atoms with van der Waals surface area (Å²) in [6, 6.07) is 34.8. The van der Waals surface area contributed by atoms with Crippen LogP contribution >= 0.6 is 0 Å². The second kappa shape index (κ2) is 14.4. The molecule has 1 heterocycles. The van der Waals surface area contributed by atoms with Crippen LogP contribution in [0.3, 0.4) is 0 Å². The third-order valence-corrected chi connectivity index (χ3v) is 10.4. The van der Waals surface area contributed by atoms with Crippen molar-refractivity contribution in [1.29, 1.82) is 0 Å². The van der Waals surface area contributed by atoms with Gasteiger partial charge < -0.3 is 0 Å². The Morgan fingerprint density at radius 1 is 0.654 bits per heavy atom. The van der Waals surface area contributed by atoms with E-state index in [2.05, 4.69) is 179 Å². The highest BCUT2D eigenvalue weighted by molar-refractivity contribution is 5.99. The molecule has 0 radical (unpaired) electrons. The Morgan fingerprint density at radius 2 is 1.35 bits per heavy atom. The van der Waals surface area contributed by atoms with Crippen LogP contribution in [-0.2, 0) is 5.41 Å². The fraction of sp³-hybridized carbons (Fsp3) is 0.163. The Morgan fingerprint density at radius 3 is 2.06 bits per heavy atom. The number of fused-ring (bicyclic) bond motifs is 1. The number of rotatable bonds is 7. The molecule has 0 bridgehead atoms. The van der Waals surface area contributed by atoms with E-state index in [9.17, 15) is 0 Å². The van der Waals surface area contributed by atoms with E-state index in [-0.39, 0.29) is 5.41 Å². The van der Waals surface area contributed by atoms with Crippen molar-refractivity contribution < 1.29 is 0 Å². The summed E-state index contributed by atoms with van der Waals surface area (Å²) in [5.41, 5.74) is 14.1. The second-order valence-electron chi connectivity index (χ2n) is 14.2. The minimum atomic E-state index is -0.228. The van der Waals surface area contributed by atoms with Gasteiger partial charge >= 0.3 is 0 Å². The maximum Gasteiger partial charge on any atom is 0.164 e. The Balaban J connectivity index is 1.20. The van der Waals surface area contributed by atoms with E-state index in [4.69, 9.17) is 15.0 Å². The summed E-state index contributed by atoms with van der Waals surface area (Å²) in [5.74, 6) is 2.14. The van der Waals surface area contributed by atoms with Crippen LogP contribution < -0.4 is 0 Å². The molecule has 1 aromatic heterocycles. The largest absolute Gasteiger partial charge is 0.209 e. The molecule has 0 aliphatic heterocycles. The lowest BCUT2D eigenvalue weighted by atomic mass is 9.81. The van der Waals surface area contributed by atoms with Gasteiger partial charge in [0.25, 0.3) is 0 Å². The van der Waals surface area contributed by atoms with E-state index >= 15 is 0 Å². The topological polar surface area (TPSA) is 38.7 Å². The molecule has 0 N–H and O–H groups in total. The standard InChI is InChI=1S/C49H43N3/c1-4-5-21-44-43(32-34-22-24-37(25-23-34)35-15-9-6-10-16-35)42-31-30-41(33-45(42)49(44,2)3)48-51-46(39-19-13-8-14-20-39)50-47(52-48)40-28-26-38(27-29-40)36-17-11-7-12-18-36/h4-6,8-11,13,15-19,21-33H,7,12,14,20H2,1-3H3/b5-4-,43-32+,44-21+. The molecule has 5 aromatic rings. The molecule has 0 unspecified atom stereocenters. The molecule has 0 atom stereocenters. The fourth-order valence-corrected chi connectivity index (χ4v) is 7.48. The zero-order chi connectivity index (χ0) is 35.5. The van der Waals surface area contributed by atoms with Gasteiger partial charge in [-0.15, -0.1) is 0 Å². The van der Waals surface area contributed by atoms with Gasteiger partial charge in [0.05, 0.1) is 0 Å². The van der Waals surface area contributed by atoms with Crippen molar-refractivity contribution in [3.05, 3.63) is 185 Å². The molecule has 254 valence electrons. The van der Waals surface area contributed by atoms with Crippen molar-refractivity contribution in [2.24, 2.45) is 0 Å². The van der Waals surface area contributed by atoms with Crippen molar-refractivity contribution in [2.45, 2.75) is 51.9 Å². The SMILES string of the molecule is C\C=C/C=C1\C(=C\c2ccc(-c3ccccc3)cc2)c2ccc(-c3nc(C4=CC=CCC4)nc(-c4ccc(C5=CCCC=C5)cc4)n3)cc2C1(C)C. The molecule has 0 fully saturated rings. The Labute approximate surface area is 308 Å². The molecule has 3 nitrogen and oxygen atoms in total. The predicted molar refractivity (Wildman–Crippen MR) is 219 cm³/mol. The first kappa shape index (κ1) is 33.2. The van der Waals surface area contributed by atoms with E-state index in [1.165, 1.54) is 50.1 Å². The monoisotopic (exact) mass is 673 g/mol. The molecular weight excluding hydrogens is 631 g/mol. The molecule has 3 heteroatoms. The number of allylic oxidation sites excluding steroid dienone is 13. The highest BCUT2D eigenvalue weighted by atomic mass is 15.0. The zero-order valence-corrected chi connectivity index (χ0v) is 30.2. The minimum Gasteiger partial charge on any atom is -0.209 e. The lowest BCUT2D eigenvalue weighted by Crippen LogP contribution is -2.15. The summed E-state index contributed by atoms with van der Waals surface area (Å²) in [6.45, 7) is 6.72. The molecule has 0 amide bonds. The molecule has 3 aliphatic rings.